The summed E-state index contributed by atoms with van der Waals surface area (Å²) in [5.41, 5.74) is 0. The molecule has 1 aromatic rings. The Morgan fingerprint density at radius 1 is 1.35 bits per heavy atom. The highest BCUT2D eigenvalue weighted by Crippen LogP contribution is 2.14. The van der Waals surface area contributed by atoms with Crippen molar-refractivity contribution in [2.24, 2.45) is 0 Å². The Morgan fingerprint density at radius 2 is 2.15 bits per heavy atom. The van der Waals surface area contributed by atoms with Crippen molar-refractivity contribution in [1.29, 1.82) is 0 Å². The SMILES string of the molecule is CCCCCCNC(CCC(=O)O)C(=O)c1cccs1. The minimum absolute atomic E-state index is 0.0109. The number of hydrogen-bond donors (Lipinski definition) is 2. The second-order valence-electron chi connectivity index (χ2n) is 4.84. The van der Waals surface area contributed by atoms with Gasteiger partial charge in [0.05, 0.1) is 10.9 Å². The van der Waals surface area contributed by atoms with E-state index in [1.54, 1.807) is 6.07 Å². The molecule has 0 saturated heterocycles. The number of carboxylic acids is 1. The summed E-state index contributed by atoms with van der Waals surface area (Å²) < 4.78 is 0. The summed E-state index contributed by atoms with van der Waals surface area (Å²) in [6, 6.07) is 3.25. The number of nitrogens with one attached hydrogen (secondary N) is 1. The zero-order valence-corrected chi connectivity index (χ0v) is 12.7. The van der Waals surface area contributed by atoms with E-state index in [1.807, 2.05) is 11.4 Å². The van der Waals surface area contributed by atoms with Gasteiger partial charge in [-0.1, -0.05) is 32.3 Å². The molecule has 1 heterocycles. The van der Waals surface area contributed by atoms with Gasteiger partial charge in [0.15, 0.2) is 5.78 Å². The number of carboxylic acid groups (broad SMARTS) is 1. The molecule has 1 unspecified atom stereocenters. The number of ketones is 1. The second-order valence-corrected chi connectivity index (χ2v) is 5.79. The molecule has 5 heteroatoms. The molecule has 0 amide bonds. The number of thiophene rings is 1. The van der Waals surface area contributed by atoms with E-state index in [9.17, 15) is 9.59 Å². The topological polar surface area (TPSA) is 66.4 Å². The van der Waals surface area contributed by atoms with Crippen molar-refractivity contribution in [2.45, 2.75) is 51.5 Å². The highest BCUT2D eigenvalue weighted by molar-refractivity contribution is 7.12. The third-order valence-electron chi connectivity index (χ3n) is 3.15. The van der Waals surface area contributed by atoms with Gasteiger partial charge >= 0.3 is 5.97 Å². The molecule has 112 valence electrons. The molecule has 0 radical (unpaired) electrons. The summed E-state index contributed by atoms with van der Waals surface area (Å²) in [4.78, 5) is 23.7. The van der Waals surface area contributed by atoms with Crippen LogP contribution in [0.15, 0.2) is 17.5 Å². The van der Waals surface area contributed by atoms with Crippen LogP contribution in [0.1, 0.15) is 55.1 Å². The zero-order valence-electron chi connectivity index (χ0n) is 11.9. The fraction of sp³-hybridized carbons (Fsp3) is 0.600. The van der Waals surface area contributed by atoms with Crippen LogP contribution in [0.4, 0.5) is 0 Å². The summed E-state index contributed by atoms with van der Waals surface area (Å²) in [6.45, 7) is 2.92. The summed E-state index contributed by atoms with van der Waals surface area (Å²) >= 11 is 1.40. The predicted molar refractivity (Wildman–Crippen MR) is 81.5 cm³/mol. The quantitative estimate of drug-likeness (QED) is 0.485. The molecule has 1 atom stereocenters. The van der Waals surface area contributed by atoms with E-state index in [2.05, 4.69) is 12.2 Å². The summed E-state index contributed by atoms with van der Waals surface area (Å²) in [7, 11) is 0. The van der Waals surface area contributed by atoms with Gasteiger partial charge in [0, 0.05) is 6.42 Å². The van der Waals surface area contributed by atoms with Crippen LogP contribution >= 0.6 is 11.3 Å². The summed E-state index contributed by atoms with van der Waals surface area (Å²) in [6.07, 6.45) is 4.90. The fourth-order valence-electron chi connectivity index (χ4n) is 2.01. The van der Waals surface area contributed by atoms with E-state index in [0.717, 1.165) is 19.4 Å². The van der Waals surface area contributed by atoms with Gasteiger partial charge in [-0.2, -0.15) is 0 Å². The molecule has 0 bridgehead atoms. The largest absolute Gasteiger partial charge is 0.481 e. The first kappa shape index (κ1) is 16.9. The fourth-order valence-corrected chi connectivity index (χ4v) is 2.73. The summed E-state index contributed by atoms with van der Waals surface area (Å²) in [5, 5.41) is 13.9. The Balaban J connectivity index is 2.47. The highest BCUT2D eigenvalue weighted by atomic mass is 32.1. The van der Waals surface area contributed by atoms with E-state index >= 15 is 0 Å². The third kappa shape index (κ3) is 6.30. The lowest BCUT2D eigenvalue weighted by molar-refractivity contribution is -0.137. The maximum atomic E-state index is 12.3. The Hall–Kier alpha value is -1.20. The molecule has 0 aliphatic rings. The lowest BCUT2D eigenvalue weighted by atomic mass is 10.0. The van der Waals surface area contributed by atoms with Crippen molar-refractivity contribution in [3.05, 3.63) is 22.4 Å². The van der Waals surface area contributed by atoms with Gasteiger partial charge in [-0.3, -0.25) is 9.59 Å². The second kappa shape index (κ2) is 9.66. The van der Waals surface area contributed by atoms with Crippen LogP contribution in [-0.2, 0) is 4.79 Å². The van der Waals surface area contributed by atoms with Crippen LogP contribution in [-0.4, -0.2) is 29.4 Å². The molecule has 0 saturated carbocycles. The average molecular weight is 297 g/mol. The normalized spacial score (nSPS) is 12.2. The lowest BCUT2D eigenvalue weighted by Gasteiger charge is -2.16. The first-order chi connectivity index (χ1) is 9.65. The minimum atomic E-state index is -0.859. The van der Waals surface area contributed by atoms with Crippen molar-refractivity contribution in [3.63, 3.8) is 0 Å². The predicted octanol–water partition coefficient (Wildman–Crippen LogP) is 3.33. The Bertz CT molecular complexity index is 403. The number of hydrogen-bond acceptors (Lipinski definition) is 4. The van der Waals surface area contributed by atoms with Crippen molar-refractivity contribution >= 4 is 23.1 Å². The van der Waals surface area contributed by atoms with Gasteiger partial charge in [0.2, 0.25) is 0 Å². The van der Waals surface area contributed by atoms with Crippen molar-refractivity contribution in [3.8, 4) is 0 Å². The molecule has 0 aromatic carbocycles. The maximum Gasteiger partial charge on any atom is 0.303 e. The van der Waals surface area contributed by atoms with Gasteiger partial charge in [-0.25, -0.2) is 0 Å². The smallest absolute Gasteiger partial charge is 0.303 e. The van der Waals surface area contributed by atoms with E-state index in [-0.39, 0.29) is 18.2 Å². The van der Waals surface area contributed by atoms with Crippen LogP contribution in [0.5, 0.6) is 0 Å². The molecule has 4 nitrogen and oxygen atoms in total. The van der Waals surface area contributed by atoms with Crippen molar-refractivity contribution in [1.82, 2.24) is 5.32 Å². The Morgan fingerprint density at radius 3 is 2.75 bits per heavy atom. The van der Waals surface area contributed by atoms with E-state index in [4.69, 9.17) is 5.11 Å². The van der Waals surface area contributed by atoms with Crippen LogP contribution in [0.25, 0.3) is 0 Å². The third-order valence-corrected chi connectivity index (χ3v) is 4.03. The molecule has 0 aliphatic heterocycles. The van der Waals surface area contributed by atoms with E-state index < -0.39 is 5.97 Å². The van der Waals surface area contributed by atoms with Gasteiger partial charge in [-0.05, 0) is 30.8 Å². The van der Waals surface area contributed by atoms with Crippen molar-refractivity contribution < 1.29 is 14.7 Å². The van der Waals surface area contributed by atoms with Gasteiger partial charge in [0.25, 0.3) is 0 Å². The number of unbranched alkanes of at least 4 members (excludes halogenated alkanes) is 3. The molecular weight excluding hydrogens is 274 g/mol. The number of Topliss-reactive ketones (excluding diaryl/α,β-unsaturated/α-hetero) is 1. The standard InChI is InChI=1S/C15H23NO3S/c1-2-3-4-5-10-16-12(8-9-14(17)18)15(19)13-7-6-11-20-13/h6-7,11-12,16H,2-5,8-10H2,1H3,(H,17,18). The lowest BCUT2D eigenvalue weighted by Crippen LogP contribution is -2.37. The van der Waals surface area contributed by atoms with Crippen LogP contribution < -0.4 is 5.32 Å². The Kier molecular flexibility index (Phi) is 8.14. The minimum Gasteiger partial charge on any atom is -0.481 e. The summed E-state index contributed by atoms with van der Waals surface area (Å²) in [5.74, 6) is -0.849. The molecule has 20 heavy (non-hydrogen) atoms. The molecular formula is C15H23NO3S. The molecule has 0 fully saturated rings. The van der Waals surface area contributed by atoms with Crippen LogP contribution in [0.3, 0.4) is 0 Å². The molecule has 2 N–H and O–H groups in total. The Labute approximate surface area is 124 Å². The monoisotopic (exact) mass is 297 g/mol. The molecule has 1 aromatic heterocycles. The molecule has 0 aliphatic carbocycles. The van der Waals surface area contributed by atoms with E-state index in [1.165, 1.54) is 24.2 Å². The first-order valence-electron chi connectivity index (χ1n) is 7.18. The highest BCUT2D eigenvalue weighted by Gasteiger charge is 2.20. The van der Waals surface area contributed by atoms with E-state index in [0.29, 0.717) is 11.3 Å². The first-order valence-corrected chi connectivity index (χ1v) is 8.06. The molecule has 1 rings (SSSR count). The number of aliphatic carboxylic acids is 1. The van der Waals surface area contributed by atoms with Crippen LogP contribution in [0, 0.1) is 0 Å². The van der Waals surface area contributed by atoms with Crippen LogP contribution in [0.2, 0.25) is 0 Å². The number of rotatable bonds is 11. The average Bonchev–Trinajstić information content (AvgIpc) is 2.95. The number of carbonyl (C=O) groups is 2. The van der Waals surface area contributed by atoms with Gasteiger partial charge in [-0.15, -0.1) is 11.3 Å². The van der Waals surface area contributed by atoms with Gasteiger partial charge in [0.1, 0.15) is 0 Å². The number of carbonyl (C=O) groups excluding carboxylic acids is 1. The van der Waals surface area contributed by atoms with Crippen molar-refractivity contribution in [2.75, 3.05) is 6.54 Å². The zero-order chi connectivity index (χ0) is 14.8. The van der Waals surface area contributed by atoms with Gasteiger partial charge < -0.3 is 10.4 Å². The maximum absolute atomic E-state index is 12.3. The molecule has 0 spiro atoms.